The largest absolute Gasteiger partial charge is 0.530 e. The molecule has 1 N–H and O–H groups in total. The van der Waals surface area contributed by atoms with Crippen LogP contribution in [-0.2, 0) is 6.54 Å². The Morgan fingerprint density at radius 2 is 1.71 bits per heavy atom. The van der Waals surface area contributed by atoms with E-state index in [-0.39, 0.29) is 6.54 Å². The van der Waals surface area contributed by atoms with Crippen molar-refractivity contribution in [2.24, 2.45) is 0 Å². The predicted molar refractivity (Wildman–Crippen MR) is 58.3 cm³/mol. The van der Waals surface area contributed by atoms with Crippen LogP contribution in [0.5, 0.6) is 17.2 Å². The Morgan fingerprint density at radius 1 is 1.18 bits per heavy atom. The first-order valence-electron chi connectivity index (χ1n) is 4.86. The SMILES string of the molecule is COc1cc(CNC(=O)[O-])cc(OC)c1OC. The molecule has 1 aromatic rings. The third-order valence-electron chi connectivity index (χ3n) is 2.16. The van der Waals surface area contributed by atoms with Gasteiger partial charge in [0.05, 0.1) is 21.3 Å². The fraction of sp³-hybridized carbons (Fsp3) is 0.364. The highest BCUT2D eigenvalue weighted by Crippen LogP contribution is 2.38. The van der Waals surface area contributed by atoms with E-state index in [1.807, 2.05) is 0 Å². The number of ether oxygens (including phenoxy) is 3. The lowest BCUT2D eigenvalue weighted by Crippen LogP contribution is -2.35. The maximum Gasteiger partial charge on any atom is 0.203 e. The number of nitrogens with one attached hydrogen (secondary N) is 1. The summed E-state index contributed by atoms with van der Waals surface area (Å²) in [7, 11) is 4.49. The van der Waals surface area contributed by atoms with Gasteiger partial charge in [-0.25, -0.2) is 0 Å². The quantitative estimate of drug-likeness (QED) is 0.792. The third-order valence-corrected chi connectivity index (χ3v) is 2.16. The van der Waals surface area contributed by atoms with E-state index < -0.39 is 6.09 Å². The second-order valence-corrected chi connectivity index (χ2v) is 3.17. The smallest absolute Gasteiger partial charge is 0.203 e. The average Bonchev–Trinajstić information content (AvgIpc) is 2.34. The van der Waals surface area contributed by atoms with Crippen LogP contribution in [-0.4, -0.2) is 27.4 Å². The van der Waals surface area contributed by atoms with Crippen LogP contribution in [0.1, 0.15) is 5.56 Å². The summed E-state index contributed by atoms with van der Waals surface area (Å²) >= 11 is 0. The summed E-state index contributed by atoms with van der Waals surface area (Å²) in [5.74, 6) is 1.41. The number of benzene rings is 1. The van der Waals surface area contributed by atoms with E-state index in [0.29, 0.717) is 22.8 Å². The fourth-order valence-corrected chi connectivity index (χ4v) is 1.41. The molecule has 0 aliphatic carbocycles. The molecule has 0 bridgehead atoms. The Hall–Kier alpha value is -2.11. The molecule has 0 spiro atoms. The van der Waals surface area contributed by atoms with E-state index in [1.54, 1.807) is 12.1 Å². The van der Waals surface area contributed by atoms with Gasteiger partial charge in [-0.15, -0.1) is 0 Å². The summed E-state index contributed by atoms with van der Waals surface area (Å²) in [5.41, 5.74) is 0.684. The molecule has 0 fully saturated rings. The lowest BCUT2D eigenvalue weighted by Gasteiger charge is -2.14. The zero-order chi connectivity index (χ0) is 12.8. The molecule has 0 aliphatic rings. The molecule has 6 heteroatoms. The van der Waals surface area contributed by atoms with Gasteiger partial charge in [0.2, 0.25) is 5.75 Å². The van der Waals surface area contributed by atoms with Crippen molar-refractivity contribution in [2.45, 2.75) is 6.54 Å². The maximum atomic E-state index is 10.3. The molecular formula is C11H14NO5-. The van der Waals surface area contributed by atoms with Crippen LogP contribution in [0.25, 0.3) is 0 Å². The molecule has 94 valence electrons. The van der Waals surface area contributed by atoms with E-state index in [1.165, 1.54) is 21.3 Å². The second-order valence-electron chi connectivity index (χ2n) is 3.17. The van der Waals surface area contributed by atoms with Crippen molar-refractivity contribution in [1.29, 1.82) is 0 Å². The Bertz CT molecular complexity index is 380. The first-order valence-corrected chi connectivity index (χ1v) is 4.86. The van der Waals surface area contributed by atoms with Gasteiger partial charge in [-0.2, -0.15) is 0 Å². The van der Waals surface area contributed by atoms with Crippen molar-refractivity contribution in [2.75, 3.05) is 21.3 Å². The molecule has 1 rings (SSSR count). The van der Waals surface area contributed by atoms with Crippen molar-refractivity contribution in [1.82, 2.24) is 5.32 Å². The van der Waals surface area contributed by atoms with Crippen LogP contribution >= 0.6 is 0 Å². The van der Waals surface area contributed by atoms with Crippen LogP contribution in [0, 0.1) is 0 Å². The van der Waals surface area contributed by atoms with Crippen LogP contribution in [0.3, 0.4) is 0 Å². The van der Waals surface area contributed by atoms with E-state index in [0.717, 1.165) is 0 Å². The number of amides is 1. The van der Waals surface area contributed by atoms with Crippen molar-refractivity contribution in [3.63, 3.8) is 0 Å². The molecule has 17 heavy (non-hydrogen) atoms. The van der Waals surface area contributed by atoms with E-state index in [2.05, 4.69) is 5.32 Å². The van der Waals surface area contributed by atoms with Gasteiger partial charge in [-0.3, -0.25) is 0 Å². The van der Waals surface area contributed by atoms with Crippen LogP contribution < -0.4 is 24.6 Å². The number of hydrogen-bond acceptors (Lipinski definition) is 5. The first-order chi connectivity index (χ1) is 8.12. The second kappa shape index (κ2) is 5.83. The van der Waals surface area contributed by atoms with Gasteiger partial charge in [0.15, 0.2) is 11.5 Å². The summed E-state index contributed by atoms with van der Waals surface area (Å²) in [6.45, 7) is 0.110. The van der Waals surface area contributed by atoms with Crippen molar-refractivity contribution in [3.05, 3.63) is 17.7 Å². The van der Waals surface area contributed by atoms with Gasteiger partial charge in [-0.1, -0.05) is 0 Å². The minimum atomic E-state index is -1.33. The molecule has 1 aromatic carbocycles. The van der Waals surface area contributed by atoms with Crippen molar-refractivity contribution >= 4 is 6.09 Å². The number of hydrogen-bond donors (Lipinski definition) is 1. The monoisotopic (exact) mass is 240 g/mol. The zero-order valence-corrected chi connectivity index (χ0v) is 9.90. The lowest BCUT2D eigenvalue weighted by molar-refractivity contribution is -0.251. The Balaban J connectivity index is 3.04. The Labute approximate surface area is 99.1 Å². The van der Waals surface area contributed by atoms with Gasteiger partial charge in [0.1, 0.15) is 6.09 Å². The molecule has 0 heterocycles. The molecule has 0 aromatic heterocycles. The fourth-order valence-electron chi connectivity index (χ4n) is 1.41. The van der Waals surface area contributed by atoms with Crippen molar-refractivity contribution in [3.8, 4) is 17.2 Å². The van der Waals surface area contributed by atoms with E-state index in [4.69, 9.17) is 14.2 Å². The number of carbonyl (C=O) groups is 1. The van der Waals surface area contributed by atoms with Gasteiger partial charge in [-0.05, 0) is 17.7 Å². The molecular weight excluding hydrogens is 226 g/mol. The van der Waals surface area contributed by atoms with E-state index in [9.17, 15) is 9.90 Å². The Kier molecular flexibility index (Phi) is 4.45. The topological polar surface area (TPSA) is 79.9 Å². The lowest BCUT2D eigenvalue weighted by atomic mass is 10.2. The average molecular weight is 240 g/mol. The van der Waals surface area contributed by atoms with E-state index >= 15 is 0 Å². The summed E-state index contributed by atoms with van der Waals surface area (Å²) in [6, 6.07) is 3.33. The van der Waals surface area contributed by atoms with Crippen LogP contribution in [0.4, 0.5) is 4.79 Å². The molecule has 0 unspecified atom stereocenters. The molecule has 0 saturated carbocycles. The highest BCUT2D eigenvalue weighted by Gasteiger charge is 2.12. The molecule has 0 aliphatic heterocycles. The van der Waals surface area contributed by atoms with Crippen LogP contribution in [0.2, 0.25) is 0 Å². The molecule has 0 radical (unpaired) electrons. The molecule has 1 amide bonds. The molecule has 0 saturated heterocycles. The summed E-state index contributed by atoms with van der Waals surface area (Å²) in [4.78, 5) is 10.3. The Morgan fingerprint density at radius 3 is 2.06 bits per heavy atom. The van der Waals surface area contributed by atoms with Gasteiger partial charge >= 0.3 is 0 Å². The number of carbonyl (C=O) groups excluding carboxylic acids is 1. The minimum Gasteiger partial charge on any atom is -0.530 e. The number of carboxylic acid groups (broad SMARTS) is 1. The maximum absolute atomic E-state index is 10.3. The summed E-state index contributed by atoms with van der Waals surface area (Å²) in [5, 5.41) is 12.5. The zero-order valence-electron chi connectivity index (χ0n) is 9.90. The summed E-state index contributed by atoms with van der Waals surface area (Å²) in [6.07, 6.45) is -1.33. The molecule has 0 atom stereocenters. The minimum absolute atomic E-state index is 0.110. The highest BCUT2D eigenvalue weighted by atomic mass is 16.5. The normalized spacial score (nSPS) is 9.59. The highest BCUT2D eigenvalue weighted by molar-refractivity contribution is 5.62. The molecule has 6 nitrogen and oxygen atoms in total. The van der Waals surface area contributed by atoms with Gasteiger partial charge < -0.3 is 29.4 Å². The van der Waals surface area contributed by atoms with Crippen LogP contribution in [0.15, 0.2) is 12.1 Å². The standard InChI is InChI=1S/C11H15NO5/c1-15-8-4-7(6-12-11(13)14)5-9(16-2)10(8)17-3/h4-5,12H,6H2,1-3H3,(H,13,14)/p-1. The number of rotatable bonds is 5. The summed E-state index contributed by atoms with van der Waals surface area (Å²) < 4.78 is 15.4. The number of methoxy groups -OCH3 is 3. The van der Waals surface area contributed by atoms with Crippen molar-refractivity contribution < 1.29 is 24.1 Å². The third kappa shape index (κ3) is 3.17. The first kappa shape index (κ1) is 13.0. The van der Waals surface area contributed by atoms with Gasteiger partial charge in [0, 0.05) is 6.54 Å². The van der Waals surface area contributed by atoms with Gasteiger partial charge in [0.25, 0.3) is 0 Å². The predicted octanol–water partition coefficient (Wildman–Crippen LogP) is 0.145.